The third kappa shape index (κ3) is 2.82. The second-order valence-electron chi connectivity index (χ2n) is 4.00. The highest BCUT2D eigenvalue weighted by atomic mass is 32.1. The number of rotatable bonds is 2. The van der Waals surface area contributed by atoms with Crippen LogP contribution >= 0.6 is 11.3 Å². The van der Waals surface area contributed by atoms with Gasteiger partial charge in [0.1, 0.15) is 11.1 Å². The van der Waals surface area contributed by atoms with E-state index in [0.717, 1.165) is 12.8 Å². The van der Waals surface area contributed by atoms with Crippen molar-refractivity contribution < 1.29 is 9.47 Å². The van der Waals surface area contributed by atoms with Crippen LogP contribution in [0.15, 0.2) is 6.20 Å². The molecule has 2 N–H and O–H groups in total. The van der Waals surface area contributed by atoms with Gasteiger partial charge < -0.3 is 15.2 Å². The Balaban J connectivity index is 1.94. The average Bonchev–Trinajstić information content (AvgIpc) is 2.49. The zero-order valence-electron chi connectivity index (χ0n) is 8.97. The van der Waals surface area contributed by atoms with Crippen molar-refractivity contribution in [2.24, 2.45) is 0 Å². The molecular formula is C10H16N2O2S. The highest BCUT2D eigenvalue weighted by Gasteiger charge is 2.26. The number of nitrogens with two attached hydrogens (primary N) is 1. The third-order valence-corrected chi connectivity index (χ3v) is 3.14. The minimum Gasteiger partial charge on any atom is -0.466 e. The molecule has 0 amide bonds. The molecule has 0 spiro atoms. The van der Waals surface area contributed by atoms with Crippen LogP contribution in [0.4, 0.5) is 5.00 Å². The van der Waals surface area contributed by atoms with Gasteiger partial charge in [0.2, 0.25) is 0 Å². The van der Waals surface area contributed by atoms with Crippen LogP contribution in [0.5, 0.6) is 5.19 Å². The van der Waals surface area contributed by atoms with Crippen molar-refractivity contribution >= 4 is 16.3 Å². The Morgan fingerprint density at radius 1 is 1.47 bits per heavy atom. The molecule has 2 rings (SSSR count). The van der Waals surface area contributed by atoms with Crippen LogP contribution in [0, 0.1) is 0 Å². The van der Waals surface area contributed by atoms with E-state index in [-0.39, 0.29) is 18.3 Å². The molecule has 1 fully saturated rings. The smallest absolute Gasteiger partial charge is 0.275 e. The summed E-state index contributed by atoms with van der Waals surface area (Å²) in [6.07, 6.45) is 4.20. The molecule has 15 heavy (non-hydrogen) atoms. The maximum Gasteiger partial charge on any atom is 0.275 e. The van der Waals surface area contributed by atoms with E-state index in [1.165, 1.54) is 11.3 Å². The lowest BCUT2D eigenvalue weighted by Gasteiger charge is -2.31. The first-order chi connectivity index (χ1) is 7.13. The topological polar surface area (TPSA) is 57.4 Å². The molecule has 0 aromatic carbocycles. The summed E-state index contributed by atoms with van der Waals surface area (Å²) in [7, 11) is 0. The number of hydrogen-bond donors (Lipinski definition) is 1. The predicted molar refractivity (Wildman–Crippen MR) is 60.2 cm³/mol. The van der Waals surface area contributed by atoms with Gasteiger partial charge in [-0.1, -0.05) is 11.3 Å². The minimum atomic E-state index is 0.203. The van der Waals surface area contributed by atoms with Crippen LogP contribution < -0.4 is 10.5 Å². The molecule has 1 aliphatic rings. The van der Waals surface area contributed by atoms with Gasteiger partial charge in [-0.05, 0) is 13.8 Å². The molecule has 1 aromatic heterocycles. The standard InChI is InChI=1S/C10H16N2O2S/c1-6-3-8(4-7(2)13-6)14-10-12-5-9(11)15-10/h5-8H,3-4,11H2,1-2H3. The Hall–Kier alpha value is -0.810. The number of hydrogen-bond acceptors (Lipinski definition) is 5. The summed E-state index contributed by atoms with van der Waals surface area (Å²) in [5.41, 5.74) is 5.59. The zero-order valence-corrected chi connectivity index (χ0v) is 9.79. The third-order valence-electron chi connectivity index (χ3n) is 2.42. The fraction of sp³-hybridized carbons (Fsp3) is 0.700. The maximum absolute atomic E-state index is 5.76. The number of anilines is 1. The van der Waals surface area contributed by atoms with Crippen molar-refractivity contribution in [2.75, 3.05) is 5.73 Å². The zero-order chi connectivity index (χ0) is 10.8. The molecular weight excluding hydrogens is 212 g/mol. The van der Waals surface area contributed by atoms with Gasteiger partial charge in [0.05, 0.1) is 18.4 Å². The lowest BCUT2D eigenvalue weighted by Crippen LogP contribution is -2.35. The van der Waals surface area contributed by atoms with E-state index >= 15 is 0 Å². The van der Waals surface area contributed by atoms with Gasteiger partial charge in [-0.2, -0.15) is 0 Å². The van der Waals surface area contributed by atoms with Crippen LogP contribution in [0.1, 0.15) is 26.7 Å². The summed E-state index contributed by atoms with van der Waals surface area (Å²) >= 11 is 1.39. The van der Waals surface area contributed by atoms with Gasteiger partial charge in [0.15, 0.2) is 0 Å². The number of aromatic nitrogens is 1. The van der Waals surface area contributed by atoms with Crippen molar-refractivity contribution in [3.63, 3.8) is 0 Å². The summed E-state index contributed by atoms with van der Waals surface area (Å²) in [6.45, 7) is 4.14. The fourth-order valence-corrected chi connectivity index (χ4v) is 2.50. The van der Waals surface area contributed by atoms with Gasteiger partial charge in [-0.15, -0.1) is 0 Å². The molecule has 5 heteroatoms. The summed E-state index contributed by atoms with van der Waals surface area (Å²) in [4.78, 5) is 4.09. The summed E-state index contributed by atoms with van der Waals surface area (Å²) in [5, 5.41) is 1.36. The molecule has 0 saturated carbocycles. The van der Waals surface area contributed by atoms with Gasteiger partial charge in [-0.3, -0.25) is 0 Å². The molecule has 2 unspecified atom stereocenters. The molecule has 2 heterocycles. The summed E-state index contributed by atoms with van der Waals surface area (Å²) < 4.78 is 11.4. The first-order valence-electron chi connectivity index (χ1n) is 5.17. The second-order valence-corrected chi connectivity index (χ2v) is 5.02. The first kappa shape index (κ1) is 10.7. The van der Waals surface area contributed by atoms with Gasteiger partial charge >= 0.3 is 0 Å². The van der Waals surface area contributed by atoms with E-state index < -0.39 is 0 Å². The minimum absolute atomic E-state index is 0.203. The summed E-state index contributed by atoms with van der Waals surface area (Å²) in [5.74, 6) is 0. The lowest BCUT2D eigenvalue weighted by molar-refractivity contribution is -0.0721. The van der Waals surface area contributed by atoms with Crippen LogP contribution in [-0.2, 0) is 4.74 Å². The quantitative estimate of drug-likeness (QED) is 0.841. The van der Waals surface area contributed by atoms with Crippen molar-refractivity contribution in [3.8, 4) is 5.19 Å². The van der Waals surface area contributed by atoms with E-state index in [9.17, 15) is 0 Å². The Labute approximate surface area is 93.4 Å². The SMILES string of the molecule is CC1CC(Oc2ncc(N)s2)CC(C)O1. The Bertz CT molecular complexity index is 319. The molecule has 1 aliphatic heterocycles. The first-order valence-corrected chi connectivity index (χ1v) is 5.98. The van der Waals surface area contributed by atoms with Crippen molar-refractivity contribution in [3.05, 3.63) is 6.20 Å². The molecule has 4 nitrogen and oxygen atoms in total. The number of ether oxygens (including phenoxy) is 2. The number of thiazole rings is 1. The molecule has 0 aliphatic carbocycles. The maximum atomic E-state index is 5.76. The second kappa shape index (κ2) is 4.37. The van der Waals surface area contributed by atoms with E-state index in [1.807, 2.05) is 0 Å². The normalized spacial score (nSPS) is 31.5. The molecule has 1 saturated heterocycles. The van der Waals surface area contributed by atoms with Crippen LogP contribution in [0.25, 0.3) is 0 Å². The molecule has 0 radical (unpaired) electrons. The Kier molecular flexibility index (Phi) is 3.11. The van der Waals surface area contributed by atoms with Gasteiger partial charge in [-0.25, -0.2) is 4.98 Å². The molecule has 1 aromatic rings. The van der Waals surface area contributed by atoms with E-state index in [2.05, 4.69) is 18.8 Å². The lowest BCUT2D eigenvalue weighted by atomic mass is 10.0. The van der Waals surface area contributed by atoms with E-state index in [4.69, 9.17) is 15.2 Å². The van der Waals surface area contributed by atoms with E-state index in [0.29, 0.717) is 10.2 Å². The largest absolute Gasteiger partial charge is 0.466 e. The molecule has 0 bridgehead atoms. The van der Waals surface area contributed by atoms with Gasteiger partial charge in [0.25, 0.3) is 5.19 Å². The van der Waals surface area contributed by atoms with Crippen LogP contribution in [0.3, 0.4) is 0 Å². The van der Waals surface area contributed by atoms with Crippen molar-refractivity contribution in [2.45, 2.75) is 45.0 Å². The highest BCUT2D eigenvalue weighted by Crippen LogP contribution is 2.28. The molecule has 2 atom stereocenters. The van der Waals surface area contributed by atoms with Crippen LogP contribution in [-0.4, -0.2) is 23.3 Å². The van der Waals surface area contributed by atoms with Crippen LogP contribution in [0.2, 0.25) is 0 Å². The number of nitrogen functional groups attached to an aromatic ring is 1. The average molecular weight is 228 g/mol. The van der Waals surface area contributed by atoms with E-state index in [1.54, 1.807) is 6.20 Å². The fourth-order valence-electron chi connectivity index (χ4n) is 1.91. The van der Waals surface area contributed by atoms with Crippen molar-refractivity contribution in [1.29, 1.82) is 0 Å². The monoisotopic (exact) mass is 228 g/mol. The van der Waals surface area contributed by atoms with Crippen molar-refractivity contribution in [1.82, 2.24) is 4.98 Å². The predicted octanol–water partition coefficient (Wildman–Crippen LogP) is 2.06. The summed E-state index contributed by atoms with van der Waals surface area (Å²) in [6, 6.07) is 0. The Morgan fingerprint density at radius 3 is 2.67 bits per heavy atom. The molecule has 84 valence electrons. The number of nitrogens with zero attached hydrogens (tertiary/aromatic N) is 1. The highest BCUT2D eigenvalue weighted by molar-refractivity contribution is 7.17. The van der Waals surface area contributed by atoms with Gasteiger partial charge in [0, 0.05) is 12.8 Å². The Morgan fingerprint density at radius 2 is 2.13 bits per heavy atom.